The SMILES string of the molecule is CC(C)(C)[Si](C)(C)OCCCCC#C[B-](F)(F)F.[K+]. The summed E-state index contributed by atoms with van der Waals surface area (Å²) in [5, 5.41) is 0.172. The van der Waals surface area contributed by atoms with Crippen LogP contribution in [-0.4, -0.2) is 21.9 Å². The second-order valence-electron chi connectivity index (χ2n) is 5.96. The molecule has 19 heavy (non-hydrogen) atoms. The van der Waals surface area contributed by atoms with Gasteiger partial charge in [-0.3, -0.25) is 0 Å². The van der Waals surface area contributed by atoms with Gasteiger partial charge in [0.25, 0.3) is 0 Å². The van der Waals surface area contributed by atoms with Crippen LogP contribution in [0, 0.1) is 11.7 Å². The van der Waals surface area contributed by atoms with E-state index in [0.717, 1.165) is 6.42 Å². The van der Waals surface area contributed by atoms with Crippen LogP contribution in [0.4, 0.5) is 12.9 Å². The molecule has 0 N–H and O–H groups in total. The van der Waals surface area contributed by atoms with Gasteiger partial charge in [-0.05, 0) is 31.0 Å². The predicted octanol–water partition coefficient (Wildman–Crippen LogP) is 1.57. The minimum Gasteiger partial charge on any atom is -0.438 e. The van der Waals surface area contributed by atoms with Crippen molar-refractivity contribution in [2.75, 3.05) is 6.61 Å². The maximum atomic E-state index is 11.8. The van der Waals surface area contributed by atoms with E-state index >= 15 is 0 Å². The molecule has 0 aliphatic carbocycles. The summed E-state index contributed by atoms with van der Waals surface area (Å²) >= 11 is 0. The Morgan fingerprint density at radius 2 is 1.63 bits per heavy atom. The molecule has 0 aromatic rings. The number of hydrogen-bond acceptors (Lipinski definition) is 1. The zero-order chi connectivity index (χ0) is 14.4. The summed E-state index contributed by atoms with van der Waals surface area (Å²) < 4.78 is 41.3. The van der Waals surface area contributed by atoms with E-state index < -0.39 is 15.3 Å². The maximum absolute atomic E-state index is 11.8. The first-order valence-electron chi connectivity index (χ1n) is 6.29. The largest absolute Gasteiger partial charge is 1.00 e. The molecule has 0 rings (SSSR count). The standard InChI is InChI=1S/C12H23BF3OSi.K/c1-12(2,3)18(4,5)17-11-9-7-6-8-10-13(14,15)16;/h6-7,9,11H2,1-5H3;/q-1;+1. The third-order valence-electron chi connectivity index (χ3n) is 3.23. The quantitative estimate of drug-likeness (QED) is 0.425. The summed E-state index contributed by atoms with van der Waals surface area (Å²) in [4.78, 5) is 0. The Morgan fingerprint density at radius 1 is 1.11 bits per heavy atom. The molecule has 0 amide bonds. The number of hydrogen-bond donors (Lipinski definition) is 0. The molecule has 106 valence electrons. The van der Waals surface area contributed by atoms with Gasteiger partial charge in [0.1, 0.15) is 0 Å². The van der Waals surface area contributed by atoms with E-state index in [1.54, 1.807) is 0 Å². The van der Waals surface area contributed by atoms with Crippen molar-refractivity contribution in [2.45, 2.75) is 58.2 Å². The molecule has 0 bridgehead atoms. The summed E-state index contributed by atoms with van der Waals surface area (Å²) in [5.74, 6) is 3.50. The maximum Gasteiger partial charge on any atom is 1.00 e. The van der Waals surface area contributed by atoms with Crippen molar-refractivity contribution < 1.29 is 68.8 Å². The fourth-order valence-electron chi connectivity index (χ4n) is 1.05. The molecule has 0 saturated carbocycles. The van der Waals surface area contributed by atoms with Crippen molar-refractivity contribution in [1.29, 1.82) is 0 Å². The molecule has 0 radical (unpaired) electrons. The van der Waals surface area contributed by atoms with Gasteiger partial charge in [-0.1, -0.05) is 20.8 Å². The molecule has 0 aromatic heterocycles. The Bertz CT molecular complexity index is 316. The van der Waals surface area contributed by atoms with E-state index in [9.17, 15) is 12.9 Å². The molecule has 0 atom stereocenters. The third kappa shape index (κ3) is 11.6. The molecule has 0 aromatic carbocycles. The zero-order valence-corrected chi connectivity index (χ0v) is 17.1. The predicted molar refractivity (Wildman–Crippen MR) is 73.9 cm³/mol. The molecular weight excluding hydrogens is 295 g/mol. The summed E-state index contributed by atoms with van der Waals surface area (Å²) in [6.45, 7) is 6.49. The fraction of sp³-hybridized carbons (Fsp3) is 0.833. The zero-order valence-electron chi connectivity index (χ0n) is 12.9. The van der Waals surface area contributed by atoms with E-state index in [1.807, 2.05) is 0 Å². The fourth-order valence-corrected chi connectivity index (χ4v) is 2.13. The van der Waals surface area contributed by atoms with Crippen molar-refractivity contribution in [2.24, 2.45) is 0 Å². The van der Waals surface area contributed by atoms with Crippen LogP contribution in [-0.2, 0) is 4.43 Å². The van der Waals surface area contributed by atoms with Crippen LogP contribution >= 0.6 is 0 Å². The summed E-state index contributed by atoms with van der Waals surface area (Å²) in [7, 11) is -1.72. The van der Waals surface area contributed by atoms with Crippen LogP contribution in [0.2, 0.25) is 18.1 Å². The van der Waals surface area contributed by atoms with Crippen LogP contribution in [0.1, 0.15) is 40.0 Å². The van der Waals surface area contributed by atoms with E-state index in [-0.39, 0.29) is 56.4 Å². The Balaban J connectivity index is 0. The summed E-state index contributed by atoms with van der Waals surface area (Å²) in [6, 6.07) is 0. The van der Waals surface area contributed by atoms with Crippen molar-refractivity contribution in [1.82, 2.24) is 0 Å². The minimum atomic E-state index is -4.95. The van der Waals surface area contributed by atoms with Gasteiger partial charge in [0, 0.05) is 13.0 Å². The number of halogens is 3. The topological polar surface area (TPSA) is 9.23 Å². The average Bonchev–Trinajstić information content (AvgIpc) is 2.12. The summed E-state index contributed by atoms with van der Waals surface area (Å²) in [5.41, 5.74) is 0. The molecule has 1 nitrogen and oxygen atoms in total. The van der Waals surface area contributed by atoms with Gasteiger partial charge in [-0.15, -0.1) is 5.92 Å². The van der Waals surface area contributed by atoms with Crippen molar-refractivity contribution in [3.63, 3.8) is 0 Å². The van der Waals surface area contributed by atoms with E-state index in [4.69, 9.17) is 4.43 Å². The number of rotatable bonds is 5. The van der Waals surface area contributed by atoms with Gasteiger partial charge >= 0.3 is 58.4 Å². The minimum absolute atomic E-state index is 0. The molecular formula is C12H23BF3KOSi. The van der Waals surface area contributed by atoms with Gasteiger partial charge in [-0.25, -0.2) is 5.82 Å². The van der Waals surface area contributed by atoms with Crippen LogP contribution in [0.25, 0.3) is 0 Å². The van der Waals surface area contributed by atoms with E-state index in [0.29, 0.717) is 19.4 Å². The van der Waals surface area contributed by atoms with Gasteiger partial charge < -0.3 is 17.4 Å². The van der Waals surface area contributed by atoms with Gasteiger partial charge in [0.15, 0.2) is 8.32 Å². The van der Waals surface area contributed by atoms with Crippen LogP contribution < -0.4 is 51.4 Å². The van der Waals surface area contributed by atoms with Crippen molar-refractivity contribution in [3.05, 3.63) is 0 Å². The van der Waals surface area contributed by atoms with Crippen LogP contribution in [0.15, 0.2) is 0 Å². The molecule has 0 spiro atoms. The van der Waals surface area contributed by atoms with Crippen LogP contribution in [0.5, 0.6) is 0 Å². The van der Waals surface area contributed by atoms with E-state index in [1.165, 1.54) is 5.82 Å². The van der Waals surface area contributed by atoms with Gasteiger partial charge in [0.2, 0.25) is 0 Å². The Morgan fingerprint density at radius 3 is 2.05 bits per heavy atom. The van der Waals surface area contributed by atoms with Crippen LogP contribution in [0.3, 0.4) is 0 Å². The molecule has 0 heterocycles. The van der Waals surface area contributed by atoms with Crippen molar-refractivity contribution in [3.8, 4) is 11.7 Å². The second kappa shape index (κ2) is 9.29. The Labute approximate surface area is 159 Å². The van der Waals surface area contributed by atoms with E-state index in [2.05, 4.69) is 39.8 Å². The number of unbranched alkanes of at least 4 members (excludes halogenated alkanes) is 2. The Kier molecular flexibility index (Phi) is 11.0. The monoisotopic (exact) mass is 318 g/mol. The first-order chi connectivity index (χ1) is 7.96. The first-order valence-corrected chi connectivity index (χ1v) is 9.20. The van der Waals surface area contributed by atoms with Gasteiger partial charge in [-0.2, -0.15) is 0 Å². The van der Waals surface area contributed by atoms with Crippen molar-refractivity contribution >= 4 is 15.3 Å². The third-order valence-corrected chi connectivity index (χ3v) is 7.77. The normalized spacial score (nSPS) is 12.4. The molecule has 0 fully saturated rings. The molecule has 0 unspecified atom stereocenters. The first kappa shape index (κ1) is 22.5. The second-order valence-corrected chi connectivity index (χ2v) is 10.8. The smallest absolute Gasteiger partial charge is 0.438 e. The molecule has 0 saturated heterocycles. The summed E-state index contributed by atoms with van der Waals surface area (Å²) in [6.07, 6.45) is 1.72. The Hall–Kier alpha value is 1.23. The molecule has 0 aliphatic rings. The molecule has 0 aliphatic heterocycles. The molecule has 7 heteroatoms. The average molecular weight is 318 g/mol. The van der Waals surface area contributed by atoms with Gasteiger partial charge in [0.05, 0.1) is 0 Å².